The highest BCUT2D eigenvalue weighted by Crippen LogP contribution is 2.22. The maximum absolute atomic E-state index is 3.58. The van der Waals surface area contributed by atoms with Crippen LogP contribution >= 0.6 is 0 Å². The zero-order valence-corrected chi connectivity index (χ0v) is 12.6. The van der Waals surface area contributed by atoms with E-state index in [1.54, 1.807) is 0 Å². The summed E-state index contributed by atoms with van der Waals surface area (Å²) >= 11 is 0. The molecule has 0 aliphatic carbocycles. The van der Waals surface area contributed by atoms with Crippen molar-refractivity contribution in [2.75, 3.05) is 26.2 Å². The van der Waals surface area contributed by atoms with Gasteiger partial charge in [0.2, 0.25) is 0 Å². The Morgan fingerprint density at radius 3 is 2.53 bits per heavy atom. The van der Waals surface area contributed by atoms with Crippen molar-refractivity contribution in [3.8, 4) is 0 Å². The SMILES string of the molecule is CC1CCCN(CCNCCC(C)(C)C)C1C. The maximum atomic E-state index is 3.58. The van der Waals surface area contributed by atoms with Gasteiger partial charge in [0, 0.05) is 19.1 Å². The number of nitrogens with one attached hydrogen (secondary N) is 1. The Bertz CT molecular complexity index is 207. The van der Waals surface area contributed by atoms with E-state index in [4.69, 9.17) is 0 Å². The van der Waals surface area contributed by atoms with Crippen molar-refractivity contribution in [2.24, 2.45) is 11.3 Å². The topological polar surface area (TPSA) is 15.3 Å². The fourth-order valence-electron chi connectivity index (χ4n) is 2.55. The second-order valence-electron chi connectivity index (χ2n) is 6.96. The third kappa shape index (κ3) is 5.87. The lowest BCUT2D eigenvalue weighted by Crippen LogP contribution is -2.45. The molecule has 2 unspecified atom stereocenters. The molecule has 1 saturated heterocycles. The van der Waals surface area contributed by atoms with Gasteiger partial charge in [0.05, 0.1) is 0 Å². The van der Waals surface area contributed by atoms with Crippen LogP contribution in [0.2, 0.25) is 0 Å². The van der Waals surface area contributed by atoms with Gasteiger partial charge in [-0.2, -0.15) is 0 Å². The van der Waals surface area contributed by atoms with Crippen molar-refractivity contribution in [3.63, 3.8) is 0 Å². The number of piperidine rings is 1. The van der Waals surface area contributed by atoms with Crippen LogP contribution in [0.3, 0.4) is 0 Å². The third-order valence-corrected chi connectivity index (χ3v) is 4.13. The van der Waals surface area contributed by atoms with Crippen LogP contribution in [0.5, 0.6) is 0 Å². The smallest absolute Gasteiger partial charge is 0.0110 e. The summed E-state index contributed by atoms with van der Waals surface area (Å²) in [6, 6.07) is 0.771. The van der Waals surface area contributed by atoms with Crippen LogP contribution in [0.15, 0.2) is 0 Å². The summed E-state index contributed by atoms with van der Waals surface area (Å²) in [5.41, 5.74) is 0.458. The third-order valence-electron chi connectivity index (χ3n) is 4.13. The highest BCUT2D eigenvalue weighted by Gasteiger charge is 2.23. The minimum atomic E-state index is 0.458. The molecular weight excluding hydrogens is 208 g/mol. The van der Waals surface area contributed by atoms with E-state index in [-0.39, 0.29) is 0 Å². The van der Waals surface area contributed by atoms with Crippen molar-refractivity contribution >= 4 is 0 Å². The van der Waals surface area contributed by atoms with E-state index >= 15 is 0 Å². The largest absolute Gasteiger partial charge is 0.315 e. The molecule has 0 bridgehead atoms. The first-order valence-electron chi connectivity index (χ1n) is 7.35. The Morgan fingerprint density at radius 1 is 1.18 bits per heavy atom. The summed E-state index contributed by atoms with van der Waals surface area (Å²) in [4.78, 5) is 2.65. The van der Waals surface area contributed by atoms with Gasteiger partial charge < -0.3 is 5.32 Å². The van der Waals surface area contributed by atoms with Gasteiger partial charge in [0.25, 0.3) is 0 Å². The molecule has 1 heterocycles. The average Bonchev–Trinajstić information content (AvgIpc) is 2.22. The van der Waals surface area contributed by atoms with Crippen molar-refractivity contribution < 1.29 is 0 Å². The lowest BCUT2D eigenvalue weighted by Gasteiger charge is -2.38. The molecule has 2 atom stereocenters. The fraction of sp³-hybridized carbons (Fsp3) is 1.00. The number of rotatable bonds is 5. The lowest BCUT2D eigenvalue weighted by molar-refractivity contribution is 0.114. The highest BCUT2D eigenvalue weighted by molar-refractivity contribution is 4.78. The van der Waals surface area contributed by atoms with Crippen LogP contribution in [-0.2, 0) is 0 Å². The first kappa shape index (κ1) is 15.0. The molecule has 102 valence electrons. The number of likely N-dealkylation sites (tertiary alicyclic amines) is 1. The molecule has 17 heavy (non-hydrogen) atoms. The number of hydrogen-bond donors (Lipinski definition) is 1. The molecule has 0 radical (unpaired) electrons. The van der Waals surface area contributed by atoms with Crippen molar-refractivity contribution in [2.45, 2.75) is 59.9 Å². The average molecular weight is 240 g/mol. The monoisotopic (exact) mass is 240 g/mol. The molecule has 1 rings (SSSR count). The molecule has 2 heteroatoms. The van der Waals surface area contributed by atoms with Crippen LogP contribution in [0.25, 0.3) is 0 Å². The molecule has 0 saturated carbocycles. The summed E-state index contributed by atoms with van der Waals surface area (Å²) in [5.74, 6) is 0.873. The summed E-state index contributed by atoms with van der Waals surface area (Å²) in [5, 5.41) is 3.58. The van der Waals surface area contributed by atoms with Gasteiger partial charge in [-0.05, 0) is 50.6 Å². The van der Waals surface area contributed by atoms with E-state index in [1.807, 2.05) is 0 Å². The van der Waals surface area contributed by atoms with E-state index in [9.17, 15) is 0 Å². The Balaban J connectivity index is 2.10. The predicted molar refractivity (Wildman–Crippen MR) is 76.4 cm³/mol. The van der Waals surface area contributed by atoms with Gasteiger partial charge in [0.1, 0.15) is 0 Å². The Labute approximate surface area is 108 Å². The highest BCUT2D eigenvalue weighted by atomic mass is 15.2. The lowest BCUT2D eigenvalue weighted by atomic mass is 9.92. The van der Waals surface area contributed by atoms with Gasteiger partial charge in [-0.25, -0.2) is 0 Å². The quantitative estimate of drug-likeness (QED) is 0.743. The maximum Gasteiger partial charge on any atom is 0.0110 e. The van der Waals surface area contributed by atoms with E-state index < -0.39 is 0 Å². The molecule has 2 nitrogen and oxygen atoms in total. The van der Waals surface area contributed by atoms with E-state index in [2.05, 4.69) is 44.8 Å². The molecule has 0 amide bonds. The molecule has 1 aliphatic heterocycles. The van der Waals surface area contributed by atoms with Gasteiger partial charge in [-0.1, -0.05) is 27.7 Å². The minimum absolute atomic E-state index is 0.458. The Kier molecular flexibility index (Phi) is 5.94. The summed E-state index contributed by atoms with van der Waals surface area (Å²) < 4.78 is 0. The molecule has 0 aromatic rings. The number of hydrogen-bond acceptors (Lipinski definition) is 2. The van der Waals surface area contributed by atoms with E-state index in [0.717, 1.165) is 25.0 Å². The summed E-state index contributed by atoms with van der Waals surface area (Å²) in [7, 11) is 0. The molecule has 0 aromatic heterocycles. The van der Waals surface area contributed by atoms with Gasteiger partial charge in [-0.15, -0.1) is 0 Å². The van der Waals surface area contributed by atoms with Crippen LogP contribution in [0.4, 0.5) is 0 Å². The molecular formula is C15H32N2. The van der Waals surface area contributed by atoms with Gasteiger partial charge in [-0.3, -0.25) is 4.90 Å². The second kappa shape index (κ2) is 6.75. The van der Waals surface area contributed by atoms with Crippen LogP contribution in [-0.4, -0.2) is 37.1 Å². The number of nitrogens with zero attached hydrogens (tertiary/aromatic N) is 1. The fourth-order valence-corrected chi connectivity index (χ4v) is 2.55. The molecule has 1 N–H and O–H groups in total. The Morgan fingerprint density at radius 2 is 1.88 bits per heavy atom. The Hall–Kier alpha value is -0.0800. The molecule has 0 spiro atoms. The second-order valence-corrected chi connectivity index (χ2v) is 6.96. The van der Waals surface area contributed by atoms with Gasteiger partial charge >= 0.3 is 0 Å². The standard InChI is InChI=1S/C15H32N2/c1-13-7-6-11-17(14(13)2)12-10-16-9-8-15(3,4)5/h13-14,16H,6-12H2,1-5H3. The van der Waals surface area contributed by atoms with Crippen LogP contribution < -0.4 is 5.32 Å². The molecule has 0 aromatic carbocycles. The van der Waals surface area contributed by atoms with Crippen molar-refractivity contribution in [1.29, 1.82) is 0 Å². The summed E-state index contributed by atoms with van der Waals surface area (Å²) in [6.45, 7) is 16.5. The van der Waals surface area contributed by atoms with E-state index in [0.29, 0.717) is 5.41 Å². The zero-order chi connectivity index (χ0) is 12.9. The first-order valence-corrected chi connectivity index (χ1v) is 7.35. The summed E-state index contributed by atoms with van der Waals surface area (Å²) in [6.07, 6.45) is 4.06. The van der Waals surface area contributed by atoms with Crippen molar-refractivity contribution in [1.82, 2.24) is 10.2 Å². The normalized spacial score (nSPS) is 27.4. The van der Waals surface area contributed by atoms with Crippen LogP contribution in [0, 0.1) is 11.3 Å². The molecule has 1 aliphatic rings. The zero-order valence-electron chi connectivity index (χ0n) is 12.6. The van der Waals surface area contributed by atoms with E-state index in [1.165, 1.54) is 32.4 Å². The minimum Gasteiger partial charge on any atom is -0.315 e. The van der Waals surface area contributed by atoms with Gasteiger partial charge in [0.15, 0.2) is 0 Å². The predicted octanol–water partition coefficient (Wildman–Crippen LogP) is 3.13. The molecule has 1 fully saturated rings. The first-order chi connectivity index (χ1) is 7.90. The van der Waals surface area contributed by atoms with Crippen LogP contribution in [0.1, 0.15) is 53.9 Å². The van der Waals surface area contributed by atoms with Crippen molar-refractivity contribution in [3.05, 3.63) is 0 Å².